The molecule has 0 radical (unpaired) electrons. The van der Waals surface area contributed by atoms with Gasteiger partial charge in [-0.15, -0.1) is 0 Å². The number of unbranched alkanes of at least 4 members (excludes halogenated alkanes) is 6. The van der Waals surface area contributed by atoms with Gasteiger partial charge in [-0.05, 0) is 19.3 Å². The lowest BCUT2D eigenvalue weighted by Crippen LogP contribution is -2.24. The summed E-state index contributed by atoms with van der Waals surface area (Å²) in [4.78, 5) is 10.9. The van der Waals surface area contributed by atoms with Crippen LogP contribution in [-0.2, 0) is 9.53 Å². The smallest absolute Gasteiger partial charge is 0.305 e. The Hall–Kier alpha value is -0.910. The predicted octanol–water partition coefficient (Wildman–Crippen LogP) is 3.11. The van der Waals surface area contributed by atoms with Gasteiger partial charge in [0.05, 0.1) is 25.4 Å². The third-order valence-corrected chi connectivity index (χ3v) is 4.14. The second-order valence-corrected chi connectivity index (χ2v) is 6.39. The van der Waals surface area contributed by atoms with Crippen molar-refractivity contribution in [1.29, 1.82) is 0 Å². The van der Waals surface area contributed by atoms with E-state index in [4.69, 9.17) is 0 Å². The van der Waals surface area contributed by atoms with Gasteiger partial charge in [0.25, 0.3) is 0 Å². The molecule has 0 saturated carbocycles. The van der Waals surface area contributed by atoms with Gasteiger partial charge in [0.1, 0.15) is 0 Å². The molecular formula is C19H36O5. The van der Waals surface area contributed by atoms with Gasteiger partial charge in [-0.3, -0.25) is 4.79 Å². The minimum atomic E-state index is -0.915. The van der Waals surface area contributed by atoms with Crippen LogP contribution in [0.3, 0.4) is 0 Å². The lowest BCUT2D eigenvalue weighted by molar-refractivity contribution is -0.140. The molecule has 0 amide bonds. The molecule has 142 valence electrons. The third kappa shape index (κ3) is 13.5. The summed E-state index contributed by atoms with van der Waals surface area (Å²) >= 11 is 0. The fraction of sp³-hybridized carbons (Fsp3) is 0.842. The molecule has 0 aromatic carbocycles. The molecular weight excluding hydrogens is 308 g/mol. The standard InChI is InChI=1S/C19H36O5/c1-3-4-5-9-12-17(21)18(22)15-14-16(20)11-8-6-7-10-13-19(23)24-2/h14-18,20-22H,3-13H2,1-2H3. The van der Waals surface area contributed by atoms with Crippen molar-refractivity contribution >= 4 is 5.97 Å². The van der Waals surface area contributed by atoms with E-state index in [0.29, 0.717) is 19.3 Å². The largest absolute Gasteiger partial charge is 0.469 e. The first-order chi connectivity index (χ1) is 11.5. The highest BCUT2D eigenvalue weighted by Crippen LogP contribution is 2.11. The van der Waals surface area contributed by atoms with E-state index < -0.39 is 18.3 Å². The molecule has 3 N–H and O–H groups in total. The molecule has 3 atom stereocenters. The van der Waals surface area contributed by atoms with Crippen LogP contribution in [0.4, 0.5) is 0 Å². The number of methoxy groups -OCH3 is 1. The Morgan fingerprint density at radius 3 is 2.21 bits per heavy atom. The number of carbonyl (C=O) groups excluding carboxylic acids is 1. The van der Waals surface area contributed by atoms with E-state index in [2.05, 4.69) is 11.7 Å². The summed E-state index contributed by atoms with van der Waals surface area (Å²) in [5.41, 5.74) is 0. The molecule has 3 unspecified atom stereocenters. The molecule has 0 aromatic heterocycles. The molecule has 24 heavy (non-hydrogen) atoms. The van der Waals surface area contributed by atoms with Crippen LogP contribution < -0.4 is 0 Å². The van der Waals surface area contributed by atoms with Gasteiger partial charge in [0.15, 0.2) is 0 Å². The molecule has 0 aromatic rings. The molecule has 0 fully saturated rings. The van der Waals surface area contributed by atoms with E-state index in [9.17, 15) is 20.1 Å². The third-order valence-electron chi connectivity index (χ3n) is 4.14. The van der Waals surface area contributed by atoms with E-state index in [1.807, 2.05) is 0 Å². The summed E-state index contributed by atoms with van der Waals surface area (Å²) in [5.74, 6) is -0.180. The van der Waals surface area contributed by atoms with Crippen LogP contribution in [0.15, 0.2) is 12.2 Å². The zero-order valence-corrected chi connectivity index (χ0v) is 15.3. The first-order valence-electron chi connectivity index (χ1n) is 9.30. The second-order valence-electron chi connectivity index (χ2n) is 6.39. The molecule has 0 aliphatic rings. The van der Waals surface area contributed by atoms with Crippen LogP contribution in [0, 0.1) is 0 Å². The summed E-state index contributed by atoms with van der Waals surface area (Å²) in [6.07, 6.45) is 10.3. The maximum Gasteiger partial charge on any atom is 0.305 e. The summed E-state index contributed by atoms with van der Waals surface area (Å²) in [7, 11) is 1.39. The van der Waals surface area contributed by atoms with Crippen molar-refractivity contribution in [2.75, 3.05) is 7.11 Å². The topological polar surface area (TPSA) is 87.0 Å². The zero-order valence-electron chi connectivity index (χ0n) is 15.3. The van der Waals surface area contributed by atoms with E-state index in [1.165, 1.54) is 13.2 Å². The summed E-state index contributed by atoms with van der Waals surface area (Å²) in [5, 5.41) is 29.6. The number of esters is 1. The molecule has 0 rings (SSSR count). The summed E-state index contributed by atoms with van der Waals surface area (Å²) in [6.45, 7) is 2.13. The van der Waals surface area contributed by atoms with Gasteiger partial charge in [-0.2, -0.15) is 0 Å². The van der Waals surface area contributed by atoms with Gasteiger partial charge in [0.2, 0.25) is 0 Å². The molecule has 5 heteroatoms. The number of hydrogen-bond donors (Lipinski definition) is 3. The predicted molar refractivity (Wildman–Crippen MR) is 95.6 cm³/mol. The van der Waals surface area contributed by atoms with Crippen LogP contribution in [0.2, 0.25) is 0 Å². The van der Waals surface area contributed by atoms with E-state index in [1.54, 1.807) is 6.08 Å². The normalized spacial score (nSPS) is 15.4. The van der Waals surface area contributed by atoms with Crippen LogP contribution in [0.1, 0.15) is 77.6 Å². The van der Waals surface area contributed by atoms with Crippen molar-refractivity contribution in [3.05, 3.63) is 12.2 Å². The van der Waals surface area contributed by atoms with Crippen LogP contribution >= 0.6 is 0 Å². The van der Waals surface area contributed by atoms with E-state index in [0.717, 1.165) is 51.4 Å². The van der Waals surface area contributed by atoms with Crippen molar-refractivity contribution in [2.24, 2.45) is 0 Å². The number of aliphatic hydroxyl groups excluding tert-OH is 3. The number of carbonyl (C=O) groups is 1. The fourth-order valence-corrected chi connectivity index (χ4v) is 2.50. The Bertz CT molecular complexity index is 330. The Morgan fingerprint density at radius 2 is 1.54 bits per heavy atom. The second kappa shape index (κ2) is 15.6. The summed E-state index contributed by atoms with van der Waals surface area (Å²) < 4.78 is 4.57. The average molecular weight is 344 g/mol. The Balaban J connectivity index is 3.71. The number of aliphatic hydroxyl groups is 3. The SMILES string of the molecule is CCCCCCC(O)C(O)C=CC(O)CCCCCCC(=O)OC. The van der Waals surface area contributed by atoms with Gasteiger partial charge >= 0.3 is 5.97 Å². The molecule has 5 nitrogen and oxygen atoms in total. The Kier molecular flexibility index (Phi) is 15.0. The van der Waals surface area contributed by atoms with Crippen molar-refractivity contribution in [3.63, 3.8) is 0 Å². The van der Waals surface area contributed by atoms with Crippen molar-refractivity contribution in [3.8, 4) is 0 Å². The maximum atomic E-state index is 10.9. The van der Waals surface area contributed by atoms with Gasteiger partial charge in [-0.1, -0.05) is 64.0 Å². The number of hydrogen-bond acceptors (Lipinski definition) is 5. The van der Waals surface area contributed by atoms with Crippen LogP contribution in [-0.4, -0.2) is 46.7 Å². The number of rotatable bonds is 15. The van der Waals surface area contributed by atoms with E-state index >= 15 is 0 Å². The van der Waals surface area contributed by atoms with Gasteiger partial charge in [-0.25, -0.2) is 0 Å². The lowest BCUT2D eigenvalue weighted by atomic mass is 10.0. The molecule has 0 saturated heterocycles. The Morgan fingerprint density at radius 1 is 0.917 bits per heavy atom. The monoisotopic (exact) mass is 344 g/mol. The average Bonchev–Trinajstić information content (AvgIpc) is 2.58. The molecule has 0 spiro atoms. The first-order valence-corrected chi connectivity index (χ1v) is 9.30. The van der Waals surface area contributed by atoms with Crippen LogP contribution in [0.25, 0.3) is 0 Å². The number of ether oxygens (including phenoxy) is 1. The van der Waals surface area contributed by atoms with E-state index in [-0.39, 0.29) is 5.97 Å². The zero-order chi connectivity index (χ0) is 18.2. The summed E-state index contributed by atoms with van der Waals surface area (Å²) in [6, 6.07) is 0. The molecule has 0 bridgehead atoms. The Labute approximate surface area is 146 Å². The highest BCUT2D eigenvalue weighted by Gasteiger charge is 2.13. The molecule has 0 heterocycles. The minimum absolute atomic E-state index is 0.180. The highest BCUT2D eigenvalue weighted by atomic mass is 16.5. The van der Waals surface area contributed by atoms with Crippen molar-refractivity contribution in [2.45, 2.75) is 95.9 Å². The maximum absolute atomic E-state index is 10.9. The van der Waals surface area contributed by atoms with Gasteiger partial charge in [0, 0.05) is 6.42 Å². The first kappa shape index (κ1) is 23.1. The van der Waals surface area contributed by atoms with Crippen LogP contribution in [0.5, 0.6) is 0 Å². The quantitative estimate of drug-likeness (QED) is 0.241. The lowest BCUT2D eigenvalue weighted by Gasteiger charge is -2.15. The van der Waals surface area contributed by atoms with Gasteiger partial charge < -0.3 is 20.1 Å². The minimum Gasteiger partial charge on any atom is -0.469 e. The van der Waals surface area contributed by atoms with Crippen molar-refractivity contribution in [1.82, 2.24) is 0 Å². The molecule has 0 aliphatic heterocycles. The highest BCUT2D eigenvalue weighted by molar-refractivity contribution is 5.68. The molecule has 0 aliphatic carbocycles. The fourth-order valence-electron chi connectivity index (χ4n) is 2.50. The van der Waals surface area contributed by atoms with Crippen molar-refractivity contribution < 1.29 is 24.9 Å².